The van der Waals surface area contributed by atoms with Gasteiger partial charge in [-0.2, -0.15) is 13.9 Å². The Morgan fingerprint density at radius 1 is 1.19 bits per heavy atom. The van der Waals surface area contributed by atoms with Crippen molar-refractivity contribution in [1.29, 1.82) is 0 Å². The number of nitrogens with zero attached hydrogens (tertiary/aromatic N) is 2. The lowest BCUT2D eigenvalue weighted by molar-refractivity contribution is -0.0498. The molecule has 0 fully saturated rings. The maximum absolute atomic E-state index is 13.2. The SMILES string of the molecule is O=C(Nc1cnn(Cc2cccc(F)c2)c1)c1cccc(OC(F)F)c1. The smallest absolute Gasteiger partial charge is 0.387 e. The minimum absolute atomic E-state index is 0.102. The molecule has 0 spiro atoms. The van der Waals surface area contributed by atoms with E-state index < -0.39 is 12.5 Å². The van der Waals surface area contributed by atoms with Crippen LogP contribution in [0.25, 0.3) is 0 Å². The fourth-order valence-corrected chi connectivity index (χ4v) is 2.35. The molecule has 0 saturated heterocycles. The van der Waals surface area contributed by atoms with Crippen molar-refractivity contribution in [2.45, 2.75) is 13.2 Å². The summed E-state index contributed by atoms with van der Waals surface area (Å²) in [5.74, 6) is -0.932. The van der Waals surface area contributed by atoms with Crippen LogP contribution in [0, 0.1) is 5.82 Å². The molecule has 134 valence electrons. The van der Waals surface area contributed by atoms with E-state index in [4.69, 9.17) is 0 Å². The fourth-order valence-electron chi connectivity index (χ4n) is 2.35. The minimum atomic E-state index is -2.96. The Bertz CT molecular complexity index is 912. The lowest BCUT2D eigenvalue weighted by Crippen LogP contribution is -2.12. The van der Waals surface area contributed by atoms with Crippen LogP contribution >= 0.6 is 0 Å². The fraction of sp³-hybridized carbons (Fsp3) is 0.111. The Kier molecular flexibility index (Phi) is 5.21. The quantitative estimate of drug-likeness (QED) is 0.724. The highest BCUT2D eigenvalue weighted by molar-refractivity contribution is 6.04. The van der Waals surface area contributed by atoms with Crippen LogP contribution in [-0.4, -0.2) is 22.3 Å². The van der Waals surface area contributed by atoms with Crippen molar-refractivity contribution >= 4 is 11.6 Å². The molecule has 1 amide bonds. The van der Waals surface area contributed by atoms with Gasteiger partial charge in [-0.15, -0.1) is 0 Å². The summed E-state index contributed by atoms with van der Waals surface area (Å²) in [6, 6.07) is 11.6. The lowest BCUT2D eigenvalue weighted by Gasteiger charge is -2.07. The third-order valence-electron chi connectivity index (χ3n) is 3.45. The molecule has 0 aliphatic rings. The number of benzene rings is 2. The summed E-state index contributed by atoms with van der Waals surface area (Å²) in [6.45, 7) is -2.62. The number of ether oxygens (including phenoxy) is 1. The van der Waals surface area contributed by atoms with Gasteiger partial charge in [-0.25, -0.2) is 4.39 Å². The highest BCUT2D eigenvalue weighted by Gasteiger charge is 2.11. The highest BCUT2D eigenvalue weighted by Crippen LogP contribution is 2.17. The second-order valence-electron chi connectivity index (χ2n) is 5.42. The van der Waals surface area contributed by atoms with E-state index in [2.05, 4.69) is 15.2 Å². The maximum Gasteiger partial charge on any atom is 0.387 e. The lowest BCUT2D eigenvalue weighted by atomic mass is 10.2. The van der Waals surface area contributed by atoms with E-state index in [1.807, 2.05) is 0 Å². The van der Waals surface area contributed by atoms with Crippen molar-refractivity contribution in [3.8, 4) is 5.75 Å². The number of carbonyl (C=O) groups is 1. The van der Waals surface area contributed by atoms with Gasteiger partial charge in [0.25, 0.3) is 5.91 Å². The molecule has 0 bridgehead atoms. The second-order valence-corrected chi connectivity index (χ2v) is 5.42. The molecule has 1 N–H and O–H groups in total. The van der Waals surface area contributed by atoms with Gasteiger partial charge in [0.2, 0.25) is 0 Å². The van der Waals surface area contributed by atoms with Crippen molar-refractivity contribution < 1.29 is 22.7 Å². The molecular formula is C18H14F3N3O2. The first-order valence-corrected chi connectivity index (χ1v) is 7.63. The third kappa shape index (κ3) is 4.62. The van der Waals surface area contributed by atoms with E-state index in [-0.39, 0.29) is 17.1 Å². The van der Waals surface area contributed by atoms with Gasteiger partial charge in [0.1, 0.15) is 11.6 Å². The molecule has 0 aliphatic heterocycles. The van der Waals surface area contributed by atoms with Crippen LogP contribution in [0.15, 0.2) is 60.9 Å². The van der Waals surface area contributed by atoms with Crippen LogP contribution in [0.4, 0.5) is 18.9 Å². The van der Waals surface area contributed by atoms with Crippen LogP contribution < -0.4 is 10.1 Å². The highest BCUT2D eigenvalue weighted by atomic mass is 19.3. The van der Waals surface area contributed by atoms with Gasteiger partial charge >= 0.3 is 6.61 Å². The van der Waals surface area contributed by atoms with Gasteiger partial charge < -0.3 is 10.1 Å². The number of hydrogen-bond acceptors (Lipinski definition) is 3. The summed E-state index contributed by atoms with van der Waals surface area (Å²) >= 11 is 0. The second kappa shape index (κ2) is 7.73. The number of nitrogens with one attached hydrogen (secondary N) is 1. The van der Waals surface area contributed by atoms with Gasteiger partial charge in [-0.1, -0.05) is 18.2 Å². The number of carbonyl (C=O) groups excluding carboxylic acids is 1. The predicted molar refractivity (Wildman–Crippen MR) is 88.8 cm³/mol. The standard InChI is InChI=1S/C18H14F3N3O2/c19-14-5-1-3-12(7-14)10-24-11-15(9-22-24)23-17(25)13-4-2-6-16(8-13)26-18(20)21/h1-9,11,18H,10H2,(H,23,25). The molecule has 0 radical (unpaired) electrons. The Labute approximate surface area is 147 Å². The summed E-state index contributed by atoms with van der Waals surface area (Å²) in [6.07, 6.45) is 3.03. The monoisotopic (exact) mass is 361 g/mol. The van der Waals surface area contributed by atoms with Gasteiger partial charge in [0.05, 0.1) is 18.4 Å². The van der Waals surface area contributed by atoms with Crippen molar-refractivity contribution in [1.82, 2.24) is 9.78 Å². The minimum Gasteiger partial charge on any atom is -0.435 e. The van der Waals surface area contributed by atoms with E-state index >= 15 is 0 Å². The van der Waals surface area contributed by atoms with Crippen LogP contribution in [0.3, 0.4) is 0 Å². The number of aromatic nitrogens is 2. The summed E-state index contributed by atoms with van der Waals surface area (Å²) < 4.78 is 43.5. The number of rotatable bonds is 6. The predicted octanol–water partition coefficient (Wildman–Crippen LogP) is 3.92. The molecule has 5 nitrogen and oxygen atoms in total. The average molecular weight is 361 g/mol. The molecule has 1 aromatic heterocycles. The molecule has 8 heteroatoms. The Morgan fingerprint density at radius 3 is 2.77 bits per heavy atom. The van der Waals surface area contributed by atoms with Crippen molar-refractivity contribution in [3.63, 3.8) is 0 Å². The number of halogens is 3. The summed E-state index contributed by atoms with van der Waals surface area (Å²) in [5.41, 5.74) is 1.32. The first-order chi connectivity index (χ1) is 12.5. The zero-order valence-corrected chi connectivity index (χ0v) is 13.4. The largest absolute Gasteiger partial charge is 0.435 e. The Balaban J connectivity index is 1.66. The molecule has 1 heterocycles. The zero-order valence-electron chi connectivity index (χ0n) is 13.4. The molecular weight excluding hydrogens is 347 g/mol. The molecule has 3 aromatic rings. The Hall–Kier alpha value is -3.29. The molecule has 0 unspecified atom stereocenters. The third-order valence-corrected chi connectivity index (χ3v) is 3.45. The topological polar surface area (TPSA) is 56.2 Å². The average Bonchev–Trinajstić information content (AvgIpc) is 3.01. The normalized spacial score (nSPS) is 10.8. The van der Waals surface area contributed by atoms with Crippen LogP contribution in [0.2, 0.25) is 0 Å². The van der Waals surface area contributed by atoms with E-state index in [9.17, 15) is 18.0 Å². The zero-order chi connectivity index (χ0) is 18.5. The van der Waals surface area contributed by atoms with E-state index in [1.165, 1.54) is 42.6 Å². The van der Waals surface area contributed by atoms with Crippen molar-refractivity contribution in [2.75, 3.05) is 5.32 Å². The number of anilines is 1. The molecule has 3 rings (SSSR count). The number of alkyl halides is 2. The van der Waals surface area contributed by atoms with Crippen LogP contribution in [-0.2, 0) is 6.54 Å². The molecule has 0 saturated carbocycles. The Morgan fingerprint density at radius 2 is 2.00 bits per heavy atom. The summed E-state index contributed by atoms with van der Waals surface area (Å²) in [7, 11) is 0. The molecule has 0 aliphatic carbocycles. The van der Waals surface area contributed by atoms with Gasteiger partial charge in [-0.3, -0.25) is 9.48 Å². The molecule has 0 atom stereocenters. The molecule has 2 aromatic carbocycles. The van der Waals surface area contributed by atoms with Gasteiger partial charge in [0.15, 0.2) is 0 Å². The van der Waals surface area contributed by atoms with Gasteiger partial charge in [0, 0.05) is 11.8 Å². The number of hydrogen-bond donors (Lipinski definition) is 1. The first-order valence-electron chi connectivity index (χ1n) is 7.63. The van der Waals surface area contributed by atoms with E-state index in [1.54, 1.807) is 23.0 Å². The van der Waals surface area contributed by atoms with Crippen LogP contribution in [0.5, 0.6) is 5.75 Å². The summed E-state index contributed by atoms with van der Waals surface area (Å²) in [4.78, 5) is 12.2. The van der Waals surface area contributed by atoms with Crippen LogP contribution in [0.1, 0.15) is 15.9 Å². The van der Waals surface area contributed by atoms with Gasteiger partial charge in [-0.05, 0) is 35.9 Å². The number of amides is 1. The summed E-state index contributed by atoms with van der Waals surface area (Å²) in [5, 5.41) is 6.72. The van der Waals surface area contributed by atoms with Crippen molar-refractivity contribution in [2.24, 2.45) is 0 Å². The maximum atomic E-state index is 13.2. The molecule has 26 heavy (non-hydrogen) atoms. The van der Waals surface area contributed by atoms with Crippen molar-refractivity contribution in [3.05, 3.63) is 77.9 Å². The van der Waals surface area contributed by atoms with E-state index in [0.717, 1.165) is 5.56 Å². The first kappa shape index (κ1) is 17.5. The van der Waals surface area contributed by atoms with E-state index in [0.29, 0.717) is 12.2 Å².